The molecule has 1 saturated heterocycles. The summed E-state index contributed by atoms with van der Waals surface area (Å²) in [5.41, 5.74) is 2.56. The summed E-state index contributed by atoms with van der Waals surface area (Å²) in [6, 6.07) is 8.43. The fourth-order valence-corrected chi connectivity index (χ4v) is 5.45. The Morgan fingerprint density at radius 1 is 1.42 bits per heavy atom. The Morgan fingerprint density at radius 2 is 2.25 bits per heavy atom. The molecule has 0 aliphatic carbocycles. The summed E-state index contributed by atoms with van der Waals surface area (Å²) in [5.74, 6) is 2.66. The highest BCUT2D eigenvalue weighted by atomic mass is 32.2. The van der Waals surface area contributed by atoms with Gasteiger partial charge in [-0.25, -0.2) is 8.42 Å². The van der Waals surface area contributed by atoms with E-state index in [9.17, 15) is 8.42 Å². The standard InChI is InChI=1S/C17H25N3O2S2/c1-23-10-8-18-17(19-12-14-7-11-24(21,22)13-14)20-9-6-15-4-2-3-5-16(15)20/h2-5,14H,6-13H2,1H3,(H,18,19). The molecular formula is C17H25N3O2S2. The number of aliphatic imine (C=N–C) groups is 1. The highest BCUT2D eigenvalue weighted by molar-refractivity contribution is 7.98. The van der Waals surface area contributed by atoms with Crippen molar-refractivity contribution in [2.75, 3.05) is 48.0 Å². The van der Waals surface area contributed by atoms with Crippen molar-refractivity contribution in [1.29, 1.82) is 0 Å². The van der Waals surface area contributed by atoms with Gasteiger partial charge in [0.2, 0.25) is 0 Å². The van der Waals surface area contributed by atoms with Gasteiger partial charge in [-0.3, -0.25) is 4.99 Å². The van der Waals surface area contributed by atoms with Crippen LogP contribution in [-0.4, -0.2) is 57.5 Å². The van der Waals surface area contributed by atoms with Crippen LogP contribution in [0.1, 0.15) is 12.0 Å². The van der Waals surface area contributed by atoms with E-state index in [0.29, 0.717) is 12.3 Å². The van der Waals surface area contributed by atoms with Crippen molar-refractivity contribution in [3.8, 4) is 0 Å². The third-order valence-corrected chi connectivity index (χ3v) is 7.01. The largest absolute Gasteiger partial charge is 0.355 e. The Kier molecular flexibility index (Phi) is 5.71. The van der Waals surface area contributed by atoms with Crippen molar-refractivity contribution in [2.45, 2.75) is 12.8 Å². The average molecular weight is 368 g/mol. The molecule has 0 amide bonds. The maximum atomic E-state index is 11.6. The van der Waals surface area contributed by atoms with Crippen LogP contribution in [0.2, 0.25) is 0 Å². The van der Waals surface area contributed by atoms with Gasteiger partial charge in [-0.15, -0.1) is 0 Å². The van der Waals surface area contributed by atoms with Crippen LogP contribution in [0, 0.1) is 5.92 Å². The van der Waals surface area contributed by atoms with Crippen LogP contribution in [-0.2, 0) is 16.3 Å². The molecule has 1 aromatic carbocycles. The molecule has 1 aromatic rings. The molecule has 24 heavy (non-hydrogen) atoms. The number of rotatable bonds is 5. The maximum absolute atomic E-state index is 11.6. The van der Waals surface area contributed by atoms with E-state index in [1.54, 1.807) is 11.8 Å². The Morgan fingerprint density at radius 3 is 3.00 bits per heavy atom. The smallest absolute Gasteiger partial charge is 0.198 e. The summed E-state index contributed by atoms with van der Waals surface area (Å²) in [6.07, 6.45) is 3.85. The fraction of sp³-hybridized carbons (Fsp3) is 0.588. The highest BCUT2D eigenvalue weighted by Crippen LogP contribution is 2.27. The van der Waals surface area contributed by atoms with Crippen molar-refractivity contribution in [3.05, 3.63) is 29.8 Å². The van der Waals surface area contributed by atoms with Crippen LogP contribution in [0.5, 0.6) is 0 Å². The van der Waals surface area contributed by atoms with Gasteiger partial charge >= 0.3 is 0 Å². The first-order chi connectivity index (χ1) is 11.6. The van der Waals surface area contributed by atoms with Crippen molar-refractivity contribution < 1.29 is 8.42 Å². The van der Waals surface area contributed by atoms with Crippen molar-refractivity contribution in [3.63, 3.8) is 0 Å². The van der Waals surface area contributed by atoms with Gasteiger partial charge in [0.1, 0.15) is 0 Å². The van der Waals surface area contributed by atoms with Crippen molar-refractivity contribution in [1.82, 2.24) is 5.32 Å². The van der Waals surface area contributed by atoms with Gasteiger partial charge in [0.05, 0.1) is 11.5 Å². The molecule has 1 unspecified atom stereocenters. The number of fused-ring (bicyclic) bond motifs is 1. The van der Waals surface area contributed by atoms with Gasteiger partial charge in [-0.05, 0) is 36.6 Å². The van der Waals surface area contributed by atoms with Crippen LogP contribution < -0.4 is 10.2 Å². The van der Waals surface area contributed by atoms with Crippen LogP contribution in [0.3, 0.4) is 0 Å². The van der Waals surface area contributed by atoms with Crippen molar-refractivity contribution >= 4 is 33.2 Å². The van der Waals surface area contributed by atoms with Gasteiger partial charge in [-0.2, -0.15) is 11.8 Å². The number of nitrogens with zero attached hydrogens (tertiary/aromatic N) is 2. The molecule has 0 saturated carbocycles. The Labute approximate surface area is 148 Å². The summed E-state index contributed by atoms with van der Waals surface area (Å²) in [4.78, 5) is 7.02. The lowest BCUT2D eigenvalue weighted by Gasteiger charge is -2.23. The Bertz CT molecular complexity index is 704. The van der Waals surface area contributed by atoms with Gasteiger partial charge in [0, 0.05) is 31.1 Å². The number of sulfone groups is 1. The van der Waals surface area contributed by atoms with E-state index in [2.05, 4.69) is 40.7 Å². The van der Waals surface area contributed by atoms with Crippen LogP contribution in [0.15, 0.2) is 29.3 Å². The molecule has 0 spiro atoms. The van der Waals surface area contributed by atoms with Gasteiger partial charge < -0.3 is 10.2 Å². The minimum Gasteiger partial charge on any atom is -0.355 e. The highest BCUT2D eigenvalue weighted by Gasteiger charge is 2.28. The minimum atomic E-state index is -2.84. The zero-order valence-electron chi connectivity index (χ0n) is 14.1. The lowest BCUT2D eigenvalue weighted by atomic mass is 10.1. The van der Waals surface area contributed by atoms with E-state index in [1.165, 1.54) is 11.3 Å². The second-order valence-electron chi connectivity index (χ2n) is 6.38. The average Bonchev–Trinajstić information content (AvgIpc) is 3.14. The lowest BCUT2D eigenvalue weighted by Crippen LogP contribution is -2.42. The molecule has 0 radical (unpaired) electrons. The molecule has 1 N–H and O–H groups in total. The lowest BCUT2D eigenvalue weighted by molar-refractivity contribution is 0.590. The van der Waals surface area contributed by atoms with Crippen molar-refractivity contribution in [2.24, 2.45) is 10.9 Å². The second kappa shape index (κ2) is 7.78. The van der Waals surface area contributed by atoms with E-state index in [0.717, 1.165) is 37.6 Å². The molecule has 1 atom stereocenters. The van der Waals surface area contributed by atoms with Gasteiger partial charge in [0.25, 0.3) is 0 Å². The van der Waals surface area contributed by atoms with E-state index < -0.39 is 9.84 Å². The van der Waals surface area contributed by atoms with Crippen LogP contribution >= 0.6 is 11.8 Å². The molecule has 1 fully saturated rings. The molecular weight excluding hydrogens is 342 g/mol. The molecule has 0 aromatic heterocycles. The molecule has 2 aliphatic heterocycles. The molecule has 5 nitrogen and oxygen atoms in total. The first-order valence-electron chi connectivity index (χ1n) is 8.42. The SMILES string of the molecule is CSCCNC(=NCC1CCS(=O)(=O)C1)N1CCc2ccccc21. The van der Waals surface area contributed by atoms with Gasteiger partial charge in [-0.1, -0.05) is 18.2 Å². The van der Waals surface area contributed by atoms with E-state index in [4.69, 9.17) is 4.99 Å². The summed E-state index contributed by atoms with van der Waals surface area (Å²) in [6.45, 7) is 2.37. The molecule has 3 rings (SSSR count). The zero-order valence-corrected chi connectivity index (χ0v) is 15.7. The zero-order chi connectivity index (χ0) is 17.0. The third kappa shape index (κ3) is 4.25. The second-order valence-corrected chi connectivity index (χ2v) is 9.60. The number of guanidine groups is 1. The quantitative estimate of drug-likeness (QED) is 0.488. The van der Waals surface area contributed by atoms with Gasteiger partial charge in [0.15, 0.2) is 15.8 Å². The topological polar surface area (TPSA) is 61.8 Å². The number of thioether (sulfide) groups is 1. The Hall–Kier alpha value is -1.21. The molecule has 0 bridgehead atoms. The number of para-hydroxylation sites is 1. The summed E-state index contributed by atoms with van der Waals surface area (Å²) in [5, 5.41) is 3.45. The molecule has 2 aliphatic rings. The molecule has 132 valence electrons. The van der Waals surface area contributed by atoms with Crippen LogP contribution in [0.25, 0.3) is 0 Å². The van der Waals surface area contributed by atoms with E-state index in [-0.39, 0.29) is 11.7 Å². The van der Waals surface area contributed by atoms with E-state index in [1.807, 2.05) is 0 Å². The first-order valence-corrected chi connectivity index (χ1v) is 11.6. The summed E-state index contributed by atoms with van der Waals surface area (Å²) >= 11 is 1.80. The molecule has 2 heterocycles. The predicted molar refractivity (Wildman–Crippen MR) is 103 cm³/mol. The Balaban J connectivity index is 1.73. The summed E-state index contributed by atoms with van der Waals surface area (Å²) in [7, 11) is -2.84. The number of anilines is 1. The maximum Gasteiger partial charge on any atom is 0.198 e. The number of hydrogen-bond donors (Lipinski definition) is 1. The van der Waals surface area contributed by atoms with E-state index >= 15 is 0 Å². The summed E-state index contributed by atoms with van der Waals surface area (Å²) < 4.78 is 23.3. The fourth-order valence-electron chi connectivity index (χ4n) is 3.29. The number of benzene rings is 1. The first kappa shape index (κ1) is 17.6. The predicted octanol–water partition coefficient (Wildman–Crippen LogP) is 1.79. The minimum absolute atomic E-state index is 0.158. The number of nitrogens with one attached hydrogen (secondary N) is 1. The number of hydrogen-bond acceptors (Lipinski definition) is 4. The monoisotopic (exact) mass is 367 g/mol. The third-order valence-electron chi connectivity index (χ3n) is 4.56. The molecule has 7 heteroatoms. The van der Waals surface area contributed by atoms with Crippen LogP contribution in [0.4, 0.5) is 5.69 Å². The normalized spacial score (nSPS) is 22.6.